The van der Waals surface area contributed by atoms with E-state index in [1.165, 1.54) is 10.9 Å². The number of carbonyl (C=O) groups is 1. The van der Waals surface area contributed by atoms with Gasteiger partial charge in [0.1, 0.15) is 17.0 Å². The molecular formula is C23H22N4O4. The van der Waals surface area contributed by atoms with Gasteiger partial charge in [0, 0.05) is 25.1 Å². The van der Waals surface area contributed by atoms with Gasteiger partial charge in [-0.2, -0.15) is 0 Å². The van der Waals surface area contributed by atoms with E-state index >= 15 is 0 Å². The first-order valence-electron chi connectivity index (χ1n) is 10.0. The van der Waals surface area contributed by atoms with Crippen molar-refractivity contribution < 1.29 is 14.1 Å². The van der Waals surface area contributed by atoms with Crippen molar-refractivity contribution >= 4 is 17.0 Å². The number of benzene rings is 2. The number of amides is 1. The number of hydrogen-bond donors (Lipinski definition) is 1. The molecular weight excluding hydrogens is 396 g/mol. The van der Waals surface area contributed by atoms with Crippen molar-refractivity contribution in [3.05, 3.63) is 76.8 Å². The van der Waals surface area contributed by atoms with Gasteiger partial charge < -0.3 is 14.6 Å². The third-order valence-corrected chi connectivity index (χ3v) is 4.80. The van der Waals surface area contributed by atoms with Gasteiger partial charge in [0.25, 0.3) is 11.1 Å². The number of ether oxygens (including phenoxy) is 1. The maximum Gasteiger partial charge on any atom is 0.299 e. The molecule has 0 aliphatic rings. The van der Waals surface area contributed by atoms with E-state index in [4.69, 9.17) is 9.26 Å². The van der Waals surface area contributed by atoms with Gasteiger partial charge >= 0.3 is 0 Å². The summed E-state index contributed by atoms with van der Waals surface area (Å²) in [5.74, 6) is 0.631. The zero-order valence-electron chi connectivity index (χ0n) is 17.1. The lowest BCUT2D eigenvalue weighted by atomic mass is 10.1. The molecule has 2 heterocycles. The van der Waals surface area contributed by atoms with E-state index < -0.39 is 0 Å². The van der Waals surface area contributed by atoms with Crippen LogP contribution in [-0.2, 0) is 17.9 Å². The number of aryl methyl sites for hydroxylation is 1. The molecule has 0 atom stereocenters. The normalized spacial score (nSPS) is 10.9. The van der Waals surface area contributed by atoms with Gasteiger partial charge in [-0.1, -0.05) is 47.6 Å². The number of rotatable bonds is 8. The highest BCUT2D eigenvalue weighted by molar-refractivity contribution is 5.87. The molecule has 0 bridgehead atoms. The summed E-state index contributed by atoms with van der Waals surface area (Å²) in [6.07, 6.45) is 1.57. The van der Waals surface area contributed by atoms with Crippen LogP contribution in [-0.4, -0.2) is 27.2 Å². The Hall–Kier alpha value is -3.94. The fourth-order valence-corrected chi connectivity index (χ4v) is 3.18. The minimum atomic E-state index is -0.362. The predicted octanol–water partition coefficient (Wildman–Crippen LogP) is 3.16. The summed E-state index contributed by atoms with van der Waals surface area (Å²) in [4.78, 5) is 29.2. The Morgan fingerprint density at radius 3 is 2.65 bits per heavy atom. The third-order valence-electron chi connectivity index (χ3n) is 4.80. The Labute approximate surface area is 178 Å². The summed E-state index contributed by atoms with van der Waals surface area (Å²) in [7, 11) is 0. The quantitative estimate of drug-likeness (QED) is 0.472. The number of fused-ring (bicyclic) bond motifs is 1. The van der Waals surface area contributed by atoms with Crippen LogP contribution in [0.4, 0.5) is 0 Å². The smallest absolute Gasteiger partial charge is 0.299 e. The first kappa shape index (κ1) is 20.3. The van der Waals surface area contributed by atoms with E-state index in [1.807, 2.05) is 61.5 Å². The molecule has 2 aromatic heterocycles. The van der Waals surface area contributed by atoms with E-state index in [0.29, 0.717) is 24.4 Å². The van der Waals surface area contributed by atoms with Gasteiger partial charge in [0.05, 0.1) is 12.9 Å². The fraction of sp³-hybridized carbons (Fsp3) is 0.217. The molecule has 31 heavy (non-hydrogen) atoms. The highest BCUT2D eigenvalue weighted by atomic mass is 16.5. The molecule has 2 aromatic carbocycles. The van der Waals surface area contributed by atoms with Crippen LogP contribution in [0.5, 0.6) is 5.75 Å². The minimum Gasteiger partial charge on any atom is -0.494 e. The lowest BCUT2D eigenvalue weighted by Gasteiger charge is -2.08. The molecule has 0 saturated heterocycles. The van der Waals surface area contributed by atoms with Crippen molar-refractivity contribution in [3.63, 3.8) is 0 Å². The van der Waals surface area contributed by atoms with Crippen LogP contribution in [0.1, 0.15) is 18.9 Å². The Morgan fingerprint density at radius 1 is 1.13 bits per heavy atom. The minimum absolute atomic E-state index is 0.0798. The van der Waals surface area contributed by atoms with Crippen LogP contribution in [0.2, 0.25) is 0 Å². The highest BCUT2D eigenvalue weighted by Crippen LogP contribution is 2.23. The zero-order chi connectivity index (χ0) is 21.6. The van der Waals surface area contributed by atoms with Gasteiger partial charge in [0.2, 0.25) is 5.91 Å². The molecule has 0 radical (unpaired) electrons. The van der Waals surface area contributed by atoms with Gasteiger partial charge in [0.15, 0.2) is 0 Å². The predicted molar refractivity (Wildman–Crippen MR) is 116 cm³/mol. The molecule has 4 rings (SSSR count). The first-order chi connectivity index (χ1) is 15.2. The largest absolute Gasteiger partial charge is 0.494 e. The number of carbonyl (C=O) groups excluding carboxylic acids is 1. The monoisotopic (exact) mass is 418 g/mol. The Balaban J connectivity index is 1.38. The van der Waals surface area contributed by atoms with Crippen LogP contribution < -0.4 is 15.6 Å². The molecule has 0 fully saturated rings. The van der Waals surface area contributed by atoms with Crippen LogP contribution >= 0.6 is 0 Å². The topological polar surface area (TPSA) is 99.2 Å². The molecule has 8 nitrogen and oxygen atoms in total. The van der Waals surface area contributed by atoms with E-state index in [0.717, 1.165) is 16.9 Å². The molecule has 0 unspecified atom stereocenters. The molecule has 0 spiro atoms. The van der Waals surface area contributed by atoms with Crippen molar-refractivity contribution in [1.82, 2.24) is 20.0 Å². The molecule has 8 heteroatoms. The SMILES string of the molecule is CCOc1ccc(CNC(=O)CCn2cnc3c(-c4ccccc4)noc3c2=O)cc1. The summed E-state index contributed by atoms with van der Waals surface area (Å²) in [5, 5.41) is 6.86. The zero-order valence-corrected chi connectivity index (χ0v) is 17.1. The fourth-order valence-electron chi connectivity index (χ4n) is 3.18. The van der Waals surface area contributed by atoms with E-state index in [1.54, 1.807) is 0 Å². The van der Waals surface area contributed by atoms with Crippen LogP contribution in [0.3, 0.4) is 0 Å². The Morgan fingerprint density at radius 2 is 1.90 bits per heavy atom. The van der Waals surface area contributed by atoms with Crippen LogP contribution in [0, 0.1) is 0 Å². The maximum atomic E-state index is 12.7. The lowest BCUT2D eigenvalue weighted by Crippen LogP contribution is -2.27. The van der Waals surface area contributed by atoms with Gasteiger partial charge in [-0.05, 0) is 24.6 Å². The van der Waals surface area contributed by atoms with Crippen molar-refractivity contribution in [3.8, 4) is 17.0 Å². The van der Waals surface area contributed by atoms with Crippen molar-refractivity contribution in [1.29, 1.82) is 0 Å². The number of hydrogen-bond acceptors (Lipinski definition) is 6. The van der Waals surface area contributed by atoms with Crippen molar-refractivity contribution in [2.75, 3.05) is 6.61 Å². The summed E-state index contributed by atoms with van der Waals surface area (Å²) in [6.45, 7) is 3.13. The highest BCUT2D eigenvalue weighted by Gasteiger charge is 2.16. The molecule has 0 aliphatic carbocycles. The third kappa shape index (κ3) is 4.63. The molecule has 0 aliphatic heterocycles. The summed E-state index contributed by atoms with van der Waals surface area (Å²) < 4.78 is 12.0. The van der Waals surface area contributed by atoms with Gasteiger partial charge in [-0.15, -0.1) is 0 Å². The average molecular weight is 418 g/mol. The van der Waals surface area contributed by atoms with E-state index in [-0.39, 0.29) is 30.0 Å². The van der Waals surface area contributed by atoms with Crippen molar-refractivity contribution in [2.24, 2.45) is 0 Å². The van der Waals surface area contributed by atoms with Gasteiger partial charge in [-0.25, -0.2) is 4.98 Å². The van der Waals surface area contributed by atoms with E-state index in [2.05, 4.69) is 15.5 Å². The molecule has 1 amide bonds. The second kappa shape index (κ2) is 9.25. The number of nitrogens with zero attached hydrogens (tertiary/aromatic N) is 3. The number of nitrogens with one attached hydrogen (secondary N) is 1. The molecule has 0 saturated carbocycles. The summed E-state index contributed by atoms with van der Waals surface area (Å²) in [6, 6.07) is 16.9. The standard InChI is InChI=1S/C23H22N4O4/c1-2-30-18-10-8-16(9-11-18)14-24-19(28)12-13-27-15-25-21-20(17-6-4-3-5-7-17)26-31-22(21)23(27)29/h3-11,15H,2,12-14H2,1H3,(H,24,28). The first-order valence-corrected chi connectivity index (χ1v) is 10.0. The Bertz CT molecular complexity index is 1230. The second-order valence-electron chi connectivity index (χ2n) is 6.92. The number of aromatic nitrogens is 3. The molecule has 158 valence electrons. The maximum absolute atomic E-state index is 12.7. The lowest BCUT2D eigenvalue weighted by molar-refractivity contribution is -0.121. The van der Waals surface area contributed by atoms with Crippen LogP contribution in [0.15, 0.2) is 70.2 Å². The molecule has 1 N–H and O–H groups in total. The van der Waals surface area contributed by atoms with Crippen molar-refractivity contribution in [2.45, 2.75) is 26.4 Å². The van der Waals surface area contributed by atoms with Crippen LogP contribution in [0.25, 0.3) is 22.4 Å². The van der Waals surface area contributed by atoms with E-state index in [9.17, 15) is 9.59 Å². The summed E-state index contributed by atoms with van der Waals surface area (Å²) >= 11 is 0. The summed E-state index contributed by atoms with van der Waals surface area (Å²) in [5.41, 5.74) is 2.43. The Kier molecular flexibility index (Phi) is 6.07. The van der Waals surface area contributed by atoms with Gasteiger partial charge in [-0.3, -0.25) is 14.2 Å². The molecule has 4 aromatic rings. The average Bonchev–Trinajstić information content (AvgIpc) is 3.24. The second-order valence-corrected chi connectivity index (χ2v) is 6.92.